The molecule has 5 N–H and O–H groups in total. The number of nitrogens with one attached hydrogen (secondary N) is 1. The molecule has 0 saturated heterocycles. The number of carbonyl (C=O) groups excluding carboxylic acids is 2. The fourth-order valence-corrected chi connectivity index (χ4v) is 5.06. The molecule has 0 aliphatic carbocycles. The lowest BCUT2D eigenvalue weighted by Crippen LogP contribution is -2.55. The average molecular weight is 678 g/mol. The number of amides is 1. The van der Waals surface area contributed by atoms with Gasteiger partial charge in [0.25, 0.3) is 0 Å². The summed E-state index contributed by atoms with van der Waals surface area (Å²) in [6.07, 6.45) is 10.4. The van der Waals surface area contributed by atoms with E-state index >= 15 is 0 Å². The van der Waals surface area contributed by atoms with Gasteiger partial charge in [-0.1, -0.05) is 63.8 Å². The van der Waals surface area contributed by atoms with Crippen molar-refractivity contribution in [2.24, 2.45) is 11.8 Å². The Morgan fingerprint density at radius 2 is 1.46 bits per heavy atom. The highest BCUT2D eigenvalue weighted by atomic mass is 16.5. The number of hydrogen-bond acceptors (Lipinski definition) is 8. The van der Waals surface area contributed by atoms with E-state index in [1.54, 1.807) is 31.4 Å². The molecule has 12 heteroatoms. The van der Waals surface area contributed by atoms with E-state index in [4.69, 9.17) is 9.47 Å². The third-order valence-corrected chi connectivity index (χ3v) is 7.99. The second kappa shape index (κ2) is 23.5. The van der Waals surface area contributed by atoms with Crippen molar-refractivity contribution in [1.82, 2.24) is 5.32 Å². The SMILES string of the molecule is COCCCCCCC(=O)CCCCCC/C=C/C(C(=O)NC(Cc1ccc(OCCC(C)C)cc1)C(=O)O)C(O)(CC(=O)O)C(=O)O. The van der Waals surface area contributed by atoms with Crippen LogP contribution < -0.4 is 10.1 Å². The number of aliphatic carboxylic acids is 3. The summed E-state index contributed by atoms with van der Waals surface area (Å²) in [5.74, 6) is -6.64. The lowest BCUT2D eigenvalue weighted by molar-refractivity contribution is -0.172. The van der Waals surface area contributed by atoms with Gasteiger partial charge in [0, 0.05) is 33.0 Å². The Bertz CT molecular complexity index is 1160. The Kier molecular flexibility index (Phi) is 20.7. The molecule has 3 atom stereocenters. The zero-order valence-electron chi connectivity index (χ0n) is 28.7. The van der Waals surface area contributed by atoms with Gasteiger partial charge in [-0.15, -0.1) is 0 Å². The molecule has 0 fully saturated rings. The quantitative estimate of drug-likeness (QED) is 0.0578. The molecule has 1 rings (SSSR count). The van der Waals surface area contributed by atoms with Crippen molar-refractivity contribution in [3.8, 4) is 5.75 Å². The van der Waals surface area contributed by atoms with Crippen LogP contribution >= 0.6 is 0 Å². The molecule has 1 aromatic rings. The number of aliphatic hydroxyl groups is 1. The Hall–Kier alpha value is -3.77. The first kappa shape index (κ1) is 42.3. The molecular formula is C36H55NO11. The van der Waals surface area contributed by atoms with Crippen LogP contribution in [0.4, 0.5) is 0 Å². The van der Waals surface area contributed by atoms with Crippen molar-refractivity contribution in [2.45, 2.75) is 115 Å². The highest BCUT2D eigenvalue weighted by Crippen LogP contribution is 2.26. The number of rotatable bonds is 28. The first-order valence-electron chi connectivity index (χ1n) is 16.9. The van der Waals surface area contributed by atoms with Crippen molar-refractivity contribution < 1.29 is 53.9 Å². The number of unbranched alkanes of at least 4 members (excludes halogenated alkanes) is 7. The predicted octanol–water partition coefficient (Wildman–Crippen LogP) is 5.19. The van der Waals surface area contributed by atoms with Crippen molar-refractivity contribution in [1.29, 1.82) is 0 Å². The number of carbonyl (C=O) groups is 5. The van der Waals surface area contributed by atoms with Crippen LogP contribution in [0.15, 0.2) is 36.4 Å². The third-order valence-electron chi connectivity index (χ3n) is 7.99. The minimum Gasteiger partial charge on any atom is -0.494 e. The van der Waals surface area contributed by atoms with Gasteiger partial charge >= 0.3 is 17.9 Å². The van der Waals surface area contributed by atoms with Crippen LogP contribution in [0.3, 0.4) is 0 Å². The minimum atomic E-state index is -3.02. The Balaban J connectivity index is 2.78. The number of carboxylic acids is 3. The van der Waals surface area contributed by atoms with Gasteiger partial charge in [-0.3, -0.25) is 14.4 Å². The standard InChI is InChI=1S/C36H55NO11/c1-26(2)21-23-48-29-19-17-27(18-20-29)24-31(34(42)43)37-33(41)30(36(46,35(44)45)25-32(39)40)16-12-7-5-4-6-10-14-28(38)15-11-8-9-13-22-47-3/h12,16-20,26,30-31,46H,4-11,13-15,21-25H2,1-3H3,(H,37,41)(H,39,40)(H,42,43)(H,44,45)/b16-12+. The molecule has 0 aliphatic heterocycles. The number of ketones is 1. The second-order valence-electron chi connectivity index (χ2n) is 12.6. The summed E-state index contributed by atoms with van der Waals surface area (Å²) >= 11 is 0. The molecule has 270 valence electrons. The van der Waals surface area contributed by atoms with Gasteiger partial charge in [0.1, 0.15) is 17.6 Å². The zero-order valence-corrected chi connectivity index (χ0v) is 28.7. The van der Waals surface area contributed by atoms with Crippen molar-refractivity contribution in [3.05, 3.63) is 42.0 Å². The number of ether oxygens (including phenoxy) is 2. The largest absolute Gasteiger partial charge is 0.494 e. The average Bonchev–Trinajstić information content (AvgIpc) is 3.01. The fraction of sp³-hybridized carbons (Fsp3) is 0.639. The first-order chi connectivity index (χ1) is 22.8. The summed E-state index contributed by atoms with van der Waals surface area (Å²) in [4.78, 5) is 61.0. The maximum Gasteiger partial charge on any atom is 0.337 e. The summed E-state index contributed by atoms with van der Waals surface area (Å²) < 4.78 is 10.7. The van der Waals surface area contributed by atoms with Crippen LogP contribution in [0, 0.1) is 11.8 Å². The van der Waals surface area contributed by atoms with E-state index in [2.05, 4.69) is 19.2 Å². The lowest BCUT2D eigenvalue weighted by atomic mass is 9.82. The fourth-order valence-electron chi connectivity index (χ4n) is 5.06. The van der Waals surface area contributed by atoms with Crippen molar-refractivity contribution >= 4 is 29.6 Å². The molecule has 0 saturated carbocycles. The van der Waals surface area contributed by atoms with E-state index in [9.17, 15) is 44.4 Å². The van der Waals surface area contributed by atoms with Crippen LogP contribution in [-0.4, -0.2) is 82.0 Å². The Morgan fingerprint density at radius 3 is 2.00 bits per heavy atom. The van der Waals surface area contributed by atoms with Gasteiger partial charge in [-0.2, -0.15) is 0 Å². The van der Waals surface area contributed by atoms with Gasteiger partial charge in [-0.05, 0) is 62.1 Å². The number of Topliss-reactive ketones (excluding diaryl/α,β-unsaturated/α-hetero) is 1. The first-order valence-corrected chi connectivity index (χ1v) is 16.9. The highest BCUT2D eigenvalue weighted by Gasteiger charge is 2.49. The van der Waals surface area contributed by atoms with Crippen LogP contribution in [0.5, 0.6) is 5.75 Å². The number of benzene rings is 1. The van der Waals surface area contributed by atoms with E-state index in [0.29, 0.717) is 49.5 Å². The Morgan fingerprint density at radius 1 is 0.854 bits per heavy atom. The maximum atomic E-state index is 13.3. The van der Waals surface area contributed by atoms with Crippen molar-refractivity contribution in [2.75, 3.05) is 20.3 Å². The molecule has 12 nitrogen and oxygen atoms in total. The maximum absolute atomic E-state index is 13.3. The van der Waals surface area contributed by atoms with Gasteiger partial charge < -0.3 is 35.2 Å². The van der Waals surface area contributed by atoms with E-state index in [1.165, 1.54) is 6.08 Å². The van der Waals surface area contributed by atoms with Crippen LogP contribution in [0.1, 0.15) is 103 Å². The number of methoxy groups -OCH3 is 1. The smallest absolute Gasteiger partial charge is 0.337 e. The normalized spacial score (nSPS) is 13.9. The van der Waals surface area contributed by atoms with E-state index in [-0.39, 0.29) is 12.2 Å². The van der Waals surface area contributed by atoms with Gasteiger partial charge in [0.05, 0.1) is 18.9 Å². The van der Waals surface area contributed by atoms with E-state index in [0.717, 1.165) is 64.0 Å². The van der Waals surface area contributed by atoms with Crippen molar-refractivity contribution in [3.63, 3.8) is 0 Å². The topological polar surface area (TPSA) is 197 Å². The second-order valence-corrected chi connectivity index (χ2v) is 12.6. The lowest BCUT2D eigenvalue weighted by Gasteiger charge is -2.29. The summed E-state index contributed by atoms with van der Waals surface area (Å²) in [5.41, 5.74) is -2.46. The zero-order chi connectivity index (χ0) is 36.0. The molecule has 1 amide bonds. The number of hydrogen-bond donors (Lipinski definition) is 5. The summed E-state index contributed by atoms with van der Waals surface area (Å²) in [5, 5.41) is 42.1. The van der Waals surface area contributed by atoms with Gasteiger partial charge in [-0.25, -0.2) is 9.59 Å². The Labute approximate surface area is 283 Å². The molecule has 0 aromatic heterocycles. The molecule has 0 bridgehead atoms. The molecule has 3 unspecified atom stereocenters. The predicted molar refractivity (Wildman–Crippen MR) is 180 cm³/mol. The molecule has 0 spiro atoms. The molecular weight excluding hydrogens is 622 g/mol. The monoisotopic (exact) mass is 677 g/mol. The molecule has 1 aromatic carbocycles. The van der Waals surface area contributed by atoms with Crippen LogP contribution in [-0.2, 0) is 35.1 Å². The number of carboxylic acid groups (broad SMARTS) is 3. The molecule has 0 aliphatic rings. The van der Waals surface area contributed by atoms with Gasteiger partial charge in [0.15, 0.2) is 5.60 Å². The molecule has 48 heavy (non-hydrogen) atoms. The third kappa shape index (κ3) is 17.4. The molecule has 0 radical (unpaired) electrons. The summed E-state index contributed by atoms with van der Waals surface area (Å²) in [6.45, 7) is 5.42. The molecule has 0 heterocycles. The number of allylic oxidation sites excluding steroid dienone is 1. The summed E-state index contributed by atoms with van der Waals surface area (Å²) in [7, 11) is 1.67. The highest BCUT2D eigenvalue weighted by molar-refractivity contribution is 5.94. The summed E-state index contributed by atoms with van der Waals surface area (Å²) in [6, 6.07) is 5.20. The van der Waals surface area contributed by atoms with Crippen LogP contribution in [0.25, 0.3) is 0 Å². The minimum absolute atomic E-state index is 0.148. The van der Waals surface area contributed by atoms with Crippen LogP contribution in [0.2, 0.25) is 0 Å². The van der Waals surface area contributed by atoms with E-state index in [1.807, 2.05) is 0 Å². The van der Waals surface area contributed by atoms with E-state index < -0.39 is 47.8 Å². The van der Waals surface area contributed by atoms with Gasteiger partial charge in [0.2, 0.25) is 5.91 Å².